The molecule has 0 saturated carbocycles. The van der Waals surface area contributed by atoms with Crippen LogP contribution < -0.4 is 19.7 Å². The number of rotatable bonds is 10. The summed E-state index contributed by atoms with van der Waals surface area (Å²) in [5, 5.41) is 1.62. The van der Waals surface area contributed by atoms with Crippen molar-refractivity contribution in [3.63, 3.8) is 0 Å². The highest BCUT2D eigenvalue weighted by atomic mass is 32.2. The van der Waals surface area contributed by atoms with Gasteiger partial charge in [0.15, 0.2) is 0 Å². The number of benzene rings is 2. The first-order valence-electron chi connectivity index (χ1n) is 11.8. The second-order valence-corrected chi connectivity index (χ2v) is 9.05. The van der Waals surface area contributed by atoms with Crippen LogP contribution in [-0.4, -0.2) is 55.3 Å². The first-order chi connectivity index (χ1) is 18.0. The highest BCUT2D eigenvalue weighted by Gasteiger charge is 2.37. The van der Waals surface area contributed by atoms with Gasteiger partial charge >= 0.3 is 6.18 Å². The molecule has 0 aromatic heterocycles. The quantitative estimate of drug-likeness (QED) is 0.383. The summed E-state index contributed by atoms with van der Waals surface area (Å²) in [6.07, 6.45) is -3.11. The molecule has 0 unspecified atom stereocenters. The molecule has 3 rings (SSSR count). The average molecular weight is 552 g/mol. The molecule has 204 valence electrons. The summed E-state index contributed by atoms with van der Waals surface area (Å²) < 4.78 is 50.1. The predicted molar refractivity (Wildman–Crippen MR) is 140 cm³/mol. The Morgan fingerprint density at radius 1 is 1.08 bits per heavy atom. The number of nitrogens with zero attached hydrogens (tertiary/aromatic N) is 2. The molecule has 0 atom stereocenters. The second kappa shape index (κ2) is 12.2. The number of carbonyl (C=O) groups is 3. The number of carbonyl (C=O) groups excluding carboxylic acids is 3. The molecule has 2 aromatic carbocycles. The van der Waals surface area contributed by atoms with Crippen molar-refractivity contribution >= 4 is 46.3 Å². The van der Waals surface area contributed by atoms with Crippen LogP contribution in [0, 0.1) is 0 Å². The van der Waals surface area contributed by atoms with Crippen molar-refractivity contribution in [2.75, 3.05) is 43.6 Å². The number of hydrogen-bond donors (Lipinski definition) is 1. The van der Waals surface area contributed by atoms with Gasteiger partial charge in [-0.3, -0.25) is 19.3 Å². The van der Waals surface area contributed by atoms with Crippen molar-refractivity contribution in [3.05, 3.63) is 52.4 Å². The highest BCUT2D eigenvalue weighted by Crippen LogP contribution is 2.37. The monoisotopic (exact) mass is 551 g/mol. The van der Waals surface area contributed by atoms with E-state index in [0.717, 1.165) is 41.9 Å². The smallest absolute Gasteiger partial charge is 0.416 e. The van der Waals surface area contributed by atoms with Crippen LogP contribution in [0.2, 0.25) is 0 Å². The molecule has 12 heteroatoms. The SMILES string of the molecule is CCOc1cc(N(CC)CC)ccc1/C=C1\SC(=O)N(CC(=O)Nc2cc(C(F)(F)F)ccc2OC)C1=O. The number of alkyl halides is 3. The van der Waals surface area contributed by atoms with Gasteiger partial charge in [-0.25, -0.2) is 0 Å². The maximum absolute atomic E-state index is 13.1. The molecule has 0 aliphatic carbocycles. The van der Waals surface area contributed by atoms with E-state index in [1.165, 1.54) is 13.2 Å². The van der Waals surface area contributed by atoms with Crippen LogP contribution in [0.4, 0.5) is 29.3 Å². The molecule has 1 saturated heterocycles. The Labute approximate surface area is 222 Å². The molecule has 0 spiro atoms. The zero-order valence-corrected chi connectivity index (χ0v) is 22.2. The summed E-state index contributed by atoms with van der Waals surface area (Å²) in [5.41, 5.74) is 0.320. The van der Waals surface area contributed by atoms with Gasteiger partial charge in [-0.05, 0) is 68.9 Å². The molecule has 0 bridgehead atoms. The molecular weight excluding hydrogens is 523 g/mol. The minimum atomic E-state index is -4.63. The molecule has 38 heavy (non-hydrogen) atoms. The van der Waals surface area contributed by atoms with Crippen LogP contribution in [0.3, 0.4) is 0 Å². The van der Waals surface area contributed by atoms with E-state index in [1.54, 1.807) is 6.07 Å². The maximum Gasteiger partial charge on any atom is 0.416 e. The lowest BCUT2D eigenvalue weighted by Crippen LogP contribution is -2.36. The van der Waals surface area contributed by atoms with Gasteiger partial charge in [0.05, 0.1) is 29.9 Å². The number of thioether (sulfide) groups is 1. The Morgan fingerprint density at radius 2 is 1.79 bits per heavy atom. The fourth-order valence-corrected chi connectivity index (χ4v) is 4.63. The summed E-state index contributed by atoms with van der Waals surface area (Å²) in [6.45, 7) is 7.22. The van der Waals surface area contributed by atoms with Crippen LogP contribution in [0.25, 0.3) is 6.08 Å². The number of amides is 3. The number of hydrogen-bond acceptors (Lipinski definition) is 7. The standard InChI is InChI=1S/C26H28F3N3O5S/c1-5-31(6-2)18-10-8-16(21(14-18)37-7-3)12-22-24(34)32(25(35)38-22)15-23(33)30-19-13-17(26(27,28)29)9-11-20(19)36-4/h8-14H,5-7,15H2,1-4H3,(H,30,33)/b22-12-. The Morgan fingerprint density at radius 3 is 2.39 bits per heavy atom. The van der Waals surface area contributed by atoms with E-state index in [1.807, 2.05) is 32.9 Å². The zero-order valence-electron chi connectivity index (χ0n) is 21.3. The van der Waals surface area contributed by atoms with Crippen LogP contribution in [0.15, 0.2) is 41.3 Å². The minimum absolute atomic E-state index is 0.00278. The van der Waals surface area contributed by atoms with Gasteiger partial charge in [0.25, 0.3) is 11.1 Å². The van der Waals surface area contributed by atoms with Crippen molar-refractivity contribution in [2.24, 2.45) is 0 Å². The lowest BCUT2D eigenvalue weighted by atomic mass is 10.1. The number of halogens is 3. The van der Waals surface area contributed by atoms with Gasteiger partial charge in [-0.15, -0.1) is 0 Å². The third-order valence-electron chi connectivity index (χ3n) is 5.69. The van der Waals surface area contributed by atoms with Gasteiger partial charge < -0.3 is 19.7 Å². The zero-order chi connectivity index (χ0) is 28.0. The molecule has 1 aliphatic rings. The maximum atomic E-state index is 13.1. The van der Waals surface area contributed by atoms with Crippen LogP contribution in [-0.2, 0) is 15.8 Å². The summed E-state index contributed by atoms with van der Waals surface area (Å²) in [7, 11) is 1.24. The summed E-state index contributed by atoms with van der Waals surface area (Å²) >= 11 is 0.664. The van der Waals surface area contributed by atoms with E-state index >= 15 is 0 Å². The number of anilines is 2. The normalized spacial score (nSPS) is 14.7. The molecule has 0 radical (unpaired) electrons. The van der Waals surface area contributed by atoms with Crippen molar-refractivity contribution in [1.29, 1.82) is 0 Å². The Balaban J connectivity index is 1.80. The van der Waals surface area contributed by atoms with E-state index in [-0.39, 0.29) is 16.3 Å². The highest BCUT2D eigenvalue weighted by molar-refractivity contribution is 8.18. The van der Waals surface area contributed by atoms with E-state index in [2.05, 4.69) is 10.2 Å². The Hall–Kier alpha value is -3.67. The van der Waals surface area contributed by atoms with E-state index in [4.69, 9.17) is 9.47 Å². The fraction of sp³-hybridized carbons (Fsp3) is 0.346. The van der Waals surface area contributed by atoms with E-state index in [9.17, 15) is 27.6 Å². The Kier molecular flexibility index (Phi) is 9.31. The Bertz CT molecular complexity index is 1250. The minimum Gasteiger partial charge on any atom is -0.495 e. The molecule has 1 fully saturated rings. The van der Waals surface area contributed by atoms with Crippen LogP contribution in [0.5, 0.6) is 11.5 Å². The number of imide groups is 1. The summed E-state index contributed by atoms with van der Waals surface area (Å²) in [4.78, 5) is 41.1. The molecular formula is C26H28F3N3O5S. The molecule has 3 amide bonds. The lowest BCUT2D eigenvalue weighted by molar-refractivity contribution is -0.137. The largest absolute Gasteiger partial charge is 0.495 e. The number of nitrogens with one attached hydrogen (secondary N) is 1. The second-order valence-electron chi connectivity index (χ2n) is 8.06. The predicted octanol–water partition coefficient (Wildman–Crippen LogP) is 5.63. The topological polar surface area (TPSA) is 88.2 Å². The van der Waals surface area contributed by atoms with Gasteiger partial charge in [0.2, 0.25) is 5.91 Å². The lowest BCUT2D eigenvalue weighted by Gasteiger charge is -2.22. The van der Waals surface area contributed by atoms with Crippen molar-refractivity contribution in [2.45, 2.75) is 26.9 Å². The van der Waals surface area contributed by atoms with Gasteiger partial charge in [-0.1, -0.05) is 0 Å². The molecule has 8 nitrogen and oxygen atoms in total. The first kappa shape index (κ1) is 28.9. The van der Waals surface area contributed by atoms with Crippen LogP contribution in [0.1, 0.15) is 31.9 Å². The molecule has 1 N–H and O–H groups in total. The van der Waals surface area contributed by atoms with Gasteiger partial charge in [-0.2, -0.15) is 13.2 Å². The van der Waals surface area contributed by atoms with Gasteiger partial charge in [0, 0.05) is 30.4 Å². The van der Waals surface area contributed by atoms with Crippen molar-refractivity contribution in [1.82, 2.24) is 4.90 Å². The van der Waals surface area contributed by atoms with E-state index in [0.29, 0.717) is 29.7 Å². The fourth-order valence-electron chi connectivity index (χ4n) is 3.80. The molecule has 1 heterocycles. The molecule has 1 aliphatic heterocycles. The van der Waals surface area contributed by atoms with Crippen molar-refractivity contribution < 1.29 is 37.0 Å². The number of methoxy groups -OCH3 is 1. The third-order valence-corrected chi connectivity index (χ3v) is 6.60. The third kappa shape index (κ3) is 6.60. The average Bonchev–Trinajstić information content (AvgIpc) is 3.13. The first-order valence-corrected chi connectivity index (χ1v) is 12.7. The van der Waals surface area contributed by atoms with Gasteiger partial charge in [0.1, 0.15) is 18.0 Å². The summed E-state index contributed by atoms with van der Waals surface area (Å²) in [6, 6.07) is 8.16. The molecule has 2 aromatic rings. The van der Waals surface area contributed by atoms with Crippen LogP contribution >= 0.6 is 11.8 Å². The van der Waals surface area contributed by atoms with Crippen molar-refractivity contribution in [3.8, 4) is 11.5 Å². The number of ether oxygens (including phenoxy) is 2. The van der Waals surface area contributed by atoms with E-state index < -0.39 is 35.3 Å². The summed E-state index contributed by atoms with van der Waals surface area (Å²) in [5.74, 6) is -1.01.